The zero-order chi connectivity index (χ0) is 13.2. The minimum atomic E-state index is 0. The molecule has 1 aromatic heterocycles. The number of hydrogen-bond acceptors (Lipinski definition) is 3. The Morgan fingerprint density at radius 1 is 1.42 bits per heavy atom. The topological polar surface area (TPSA) is 63.5 Å². The lowest BCUT2D eigenvalue weighted by Crippen LogP contribution is -2.39. The van der Waals surface area contributed by atoms with Gasteiger partial charge in [0, 0.05) is 40.0 Å². The molecule has 1 rings (SSSR count). The van der Waals surface area contributed by atoms with Crippen LogP contribution in [0.15, 0.2) is 17.4 Å². The van der Waals surface area contributed by atoms with Crippen LogP contribution in [0.4, 0.5) is 0 Å². The summed E-state index contributed by atoms with van der Waals surface area (Å²) < 4.78 is 6.92. The van der Waals surface area contributed by atoms with Crippen molar-refractivity contribution in [3.63, 3.8) is 0 Å². The van der Waals surface area contributed by atoms with Crippen molar-refractivity contribution in [2.75, 3.05) is 33.9 Å². The van der Waals surface area contributed by atoms with E-state index in [9.17, 15) is 0 Å². The number of ether oxygens (including phenoxy) is 1. The van der Waals surface area contributed by atoms with Gasteiger partial charge in [-0.25, -0.2) is 0 Å². The minimum Gasteiger partial charge on any atom is -0.383 e. The quantitative estimate of drug-likeness (QED) is 0.320. The average molecular weight is 381 g/mol. The molecule has 0 fully saturated rings. The van der Waals surface area contributed by atoms with Gasteiger partial charge in [0.2, 0.25) is 0 Å². The number of nitrogens with zero attached hydrogens (tertiary/aromatic N) is 3. The third kappa shape index (κ3) is 8.04. The van der Waals surface area contributed by atoms with Crippen LogP contribution in [0.1, 0.15) is 12.0 Å². The number of methoxy groups -OCH3 is 1. The normalized spacial score (nSPS) is 11.0. The molecule has 0 bridgehead atoms. The lowest BCUT2D eigenvalue weighted by molar-refractivity contribution is 0.203. The molecule has 110 valence electrons. The Bertz CT molecular complexity index is 367. The van der Waals surface area contributed by atoms with E-state index < -0.39 is 0 Å². The van der Waals surface area contributed by atoms with E-state index in [1.807, 2.05) is 24.0 Å². The minimum absolute atomic E-state index is 0. The summed E-state index contributed by atoms with van der Waals surface area (Å²) in [6.07, 6.45) is 4.93. The Morgan fingerprint density at radius 3 is 2.74 bits per heavy atom. The lowest BCUT2D eigenvalue weighted by Gasteiger charge is -2.11. The zero-order valence-electron chi connectivity index (χ0n) is 11.8. The molecule has 1 aromatic rings. The average Bonchev–Trinajstić information content (AvgIpc) is 2.78. The van der Waals surface area contributed by atoms with Crippen molar-refractivity contribution >= 4 is 29.9 Å². The summed E-state index contributed by atoms with van der Waals surface area (Å²) in [5.74, 6) is 0.809. The maximum atomic E-state index is 4.97. The number of aromatic nitrogens is 2. The molecule has 0 saturated heterocycles. The molecule has 0 unspecified atom stereocenters. The maximum absolute atomic E-state index is 4.97. The Labute approximate surface area is 132 Å². The number of aliphatic imine (C=N–C) groups is 1. The summed E-state index contributed by atoms with van der Waals surface area (Å²) in [6.45, 7) is 5.26. The van der Waals surface area contributed by atoms with E-state index in [1.165, 1.54) is 5.56 Å². The van der Waals surface area contributed by atoms with Crippen LogP contribution < -0.4 is 10.6 Å². The van der Waals surface area contributed by atoms with Gasteiger partial charge in [0.1, 0.15) is 0 Å². The molecule has 2 N–H and O–H groups in total. The standard InChI is InChI=1S/C12H23N5O.HI/c1-11-9-16-17(10-11)7-4-5-14-12(13-2)15-6-8-18-3;/h9-10H,4-8H2,1-3H3,(H2,13,14,15);1H. The van der Waals surface area contributed by atoms with Crippen LogP contribution in [0, 0.1) is 6.92 Å². The lowest BCUT2D eigenvalue weighted by atomic mass is 10.4. The van der Waals surface area contributed by atoms with E-state index in [0.717, 1.165) is 32.0 Å². The molecule has 0 aromatic carbocycles. The summed E-state index contributed by atoms with van der Waals surface area (Å²) in [4.78, 5) is 4.12. The monoisotopic (exact) mass is 381 g/mol. The first-order chi connectivity index (χ1) is 8.76. The molecule has 0 saturated carbocycles. The molecular formula is C12H24IN5O. The van der Waals surface area contributed by atoms with Crippen LogP contribution in [-0.2, 0) is 11.3 Å². The van der Waals surface area contributed by atoms with Gasteiger partial charge in [-0.05, 0) is 18.9 Å². The van der Waals surface area contributed by atoms with Crippen LogP contribution in [-0.4, -0.2) is 49.6 Å². The molecule has 7 heteroatoms. The van der Waals surface area contributed by atoms with Crippen molar-refractivity contribution in [1.29, 1.82) is 0 Å². The van der Waals surface area contributed by atoms with Crippen LogP contribution in [0.5, 0.6) is 0 Å². The predicted molar refractivity (Wildman–Crippen MR) is 88.2 cm³/mol. The zero-order valence-corrected chi connectivity index (χ0v) is 14.2. The fourth-order valence-corrected chi connectivity index (χ4v) is 1.53. The van der Waals surface area contributed by atoms with Gasteiger partial charge in [0.25, 0.3) is 0 Å². The van der Waals surface area contributed by atoms with Crippen molar-refractivity contribution in [3.05, 3.63) is 18.0 Å². The van der Waals surface area contributed by atoms with Gasteiger partial charge in [-0.15, -0.1) is 24.0 Å². The second-order valence-electron chi connectivity index (χ2n) is 4.05. The third-order valence-electron chi connectivity index (χ3n) is 2.44. The summed E-state index contributed by atoms with van der Waals surface area (Å²) in [6, 6.07) is 0. The molecular weight excluding hydrogens is 357 g/mol. The SMILES string of the molecule is CN=C(NCCCn1cc(C)cn1)NCCOC.I. The number of halogens is 1. The Balaban J connectivity index is 0.00000324. The van der Waals surface area contributed by atoms with E-state index in [4.69, 9.17) is 4.74 Å². The third-order valence-corrected chi connectivity index (χ3v) is 2.44. The Kier molecular flexibility index (Phi) is 10.6. The number of nitrogens with one attached hydrogen (secondary N) is 2. The van der Waals surface area contributed by atoms with Gasteiger partial charge in [0.05, 0.1) is 12.8 Å². The van der Waals surface area contributed by atoms with Crippen molar-refractivity contribution in [1.82, 2.24) is 20.4 Å². The molecule has 0 amide bonds. The molecule has 0 aliphatic heterocycles. The van der Waals surface area contributed by atoms with Gasteiger partial charge < -0.3 is 15.4 Å². The van der Waals surface area contributed by atoms with Crippen LogP contribution in [0.2, 0.25) is 0 Å². The van der Waals surface area contributed by atoms with Gasteiger partial charge in [-0.2, -0.15) is 5.10 Å². The number of guanidine groups is 1. The van der Waals surface area contributed by atoms with Gasteiger partial charge >= 0.3 is 0 Å². The van der Waals surface area contributed by atoms with Gasteiger partial charge in [-0.3, -0.25) is 9.67 Å². The van der Waals surface area contributed by atoms with E-state index in [1.54, 1.807) is 14.2 Å². The molecule has 6 nitrogen and oxygen atoms in total. The molecule has 0 atom stereocenters. The first-order valence-electron chi connectivity index (χ1n) is 6.18. The fourth-order valence-electron chi connectivity index (χ4n) is 1.53. The van der Waals surface area contributed by atoms with E-state index in [-0.39, 0.29) is 24.0 Å². The molecule has 0 aliphatic carbocycles. The van der Waals surface area contributed by atoms with Crippen molar-refractivity contribution in [3.8, 4) is 0 Å². The van der Waals surface area contributed by atoms with Crippen LogP contribution in [0.25, 0.3) is 0 Å². The second kappa shape index (κ2) is 11.0. The molecule has 0 spiro atoms. The van der Waals surface area contributed by atoms with Crippen LogP contribution >= 0.6 is 24.0 Å². The molecule has 19 heavy (non-hydrogen) atoms. The highest BCUT2D eigenvalue weighted by atomic mass is 127. The van der Waals surface area contributed by atoms with Crippen molar-refractivity contribution < 1.29 is 4.74 Å². The van der Waals surface area contributed by atoms with E-state index in [2.05, 4.69) is 20.7 Å². The van der Waals surface area contributed by atoms with Gasteiger partial charge in [0.15, 0.2) is 5.96 Å². The Hall–Kier alpha value is -0.830. The summed E-state index contributed by atoms with van der Waals surface area (Å²) in [7, 11) is 3.45. The number of rotatable bonds is 7. The number of hydrogen-bond donors (Lipinski definition) is 2. The van der Waals surface area contributed by atoms with Crippen molar-refractivity contribution in [2.24, 2.45) is 4.99 Å². The van der Waals surface area contributed by atoms with Crippen LogP contribution in [0.3, 0.4) is 0 Å². The highest BCUT2D eigenvalue weighted by Gasteiger charge is 1.97. The summed E-state index contributed by atoms with van der Waals surface area (Å²) in [5, 5.41) is 10.7. The predicted octanol–water partition coefficient (Wildman–Crippen LogP) is 1.01. The first-order valence-corrected chi connectivity index (χ1v) is 6.18. The summed E-state index contributed by atoms with van der Waals surface area (Å²) in [5.41, 5.74) is 1.19. The fraction of sp³-hybridized carbons (Fsp3) is 0.667. The van der Waals surface area contributed by atoms with E-state index in [0.29, 0.717) is 6.61 Å². The second-order valence-corrected chi connectivity index (χ2v) is 4.05. The van der Waals surface area contributed by atoms with E-state index >= 15 is 0 Å². The highest BCUT2D eigenvalue weighted by molar-refractivity contribution is 14.0. The molecule has 1 heterocycles. The highest BCUT2D eigenvalue weighted by Crippen LogP contribution is 1.95. The number of aryl methyl sites for hydroxylation is 2. The maximum Gasteiger partial charge on any atom is 0.191 e. The smallest absolute Gasteiger partial charge is 0.191 e. The first kappa shape index (κ1) is 18.2. The van der Waals surface area contributed by atoms with Crippen molar-refractivity contribution in [2.45, 2.75) is 19.9 Å². The van der Waals surface area contributed by atoms with Gasteiger partial charge in [-0.1, -0.05) is 0 Å². The Morgan fingerprint density at radius 2 is 2.16 bits per heavy atom. The summed E-state index contributed by atoms with van der Waals surface area (Å²) >= 11 is 0. The molecule has 0 aliphatic rings. The largest absolute Gasteiger partial charge is 0.383 e. The molecule has 0 radical (unpaired) electrons.